The minimum absolute atomic E-state index is 0. The summed E-state index contributed by atoms with van der Waals surface area (Å²) >= 11 is 0. The van der Waals surface area contributed by atoms with Crippen LogP contribution in [0.1, 0.15) is 12.8 Å². The maximum atomic E-state index is 13.4. The lowest BCUT2D eigenvalue weighted by Gasteiger charge is -2.47. The van der Waals surface area contributed by atoms with Gasteiger partial charge in [-0.15, -0.1) is 24.0 Å². The number of fused-ring (bicyclic) bond motifs is 3. The summed E-state index contributed by atoms with van der Waals surface area (Å²) in [5, 5.41) is 7.11. The van der Waals surface area contributed by atoms with Gasteiger partial charge in [-0.1, -0.05) is 6.07 Å². The maximum absolute atomic E-state index is 13.4. The minimum Gasteiger partial charge on any atom is -0.371 e. The van der Waals surface area contributed by atoms with Crippen LogP contribution in [0.2, 0.25) is 0 Å². The van der Waals surface area contributed by atoms with Gasteiger partial charge in [-0.2, -0.15) is 0 Å². The van der Waals surface area contributed by atoms with E-state index in [0.717, 1.165) is 50.7 Å². The second-order valence-corrected chi connectivity index (χ2v) is 7.83. The number of anilines is 1. The van der Waals surface area contributed by atoms with Crippen LogP contribution in [0.5, 0.6) is 0 Å². The highest BCUT2D eigenvalue weighted by molar-refractivity contribution is 14.0. The molecule has 4 aliphatic rings. The van der Waals surface area contributed by atoms with E-state index in [1.807, 2.05) is 13.1 Å². The summed E-state index contributed by atoms with van der Waals surface area (Å²) in [6, 6.07) is 7.89. The lowest BCUT2D eigenvalue weighted by Crippen LogP contribution is -2.64. The summed E-state index contributed by atoms with van der Waals surface area (Å²) in [4.78, 5) is 11.8. The van der Waals surface area contributed by atoms with Crippen LogP contribution in [0.25, 0.3) is 0 Å². The summed E-state index contributed by atoms with van der Waals surface area (Å²) in [5.41, 5.74) is 0.979. The Labute approximate surface area is 184 Å². The molecule has 5 rings (SSSR count). The molecule has 2 bridgehead atoms. The zero-order valence-electron chi connectivity index (χ0n) is 16.6. The van der Waals surface area contributed by atoms with Crippen LogP contribution >= 0.6 is 24.0 Å². The molecular weight excluding hydrogens is 470 g/mol. The van der Waals surface area contributed by atoms with Gasteiger partial charge in [0.1, 0.15) is 5.82 Å². The molecule has 6 nitrogen and oxygen atoms in total. The number of piperidine rings is 1. The normalized spacial score (nSPS) is 28.0. The monoisotopic (exact) mass is 502 g/mol. The van der Waals surface area contributed by atoms with E-state index in [1.54, 1.807) is 12.1 Å². The van der Waals surface area contributed by atoms with Gasteiger partial charge in [0.15, 0.2) is 5.96 Å². The predicted molar refractivity (Wildman–Crippen MR) is 123 cm³/mol. The fourth-order valence-corrected chi connectivity index (χ4v) is 4.48. The predicted octanol–water partition coefficient (Wildman–Crippen LogP) is 1.58. The number of guanidine groups is 1. The molecule has 0 aliphatic carbocycles. The summed E-state index contributed by atoms with van der Waals surface area (Å²) in [6.07, 6.45) is 2.06. The number of hydrogen-bond donors (Lipinski definition) is 2. The lowest BCUT2D eigenvalue weighted by atomic mass is 10.0. The molecule has 1 aromatic rings. The maximum Gasteiger partial charge on any atom is 0.191 e. The van der Waals surface area contributed by atoms with Crippen molar-refractivity contribution in [2.45, 2.75) is 24.9 Å². The first-order chi connectivity index (χ1) is 13.2. The first-order valence-corrected chi connectivity index (χ1v) is 10.2. The Kier molecular flexibility index (Phi) is 7.76. The number of benzene rings is 1. The van der Waals surface area contributed by atoms with Gasteiger partial charge in [-0.05, 0) is 31.0 Å². The Hall–Kier alpha value is -1.13. The van der Waals surface area contributed by atoms with E-state index in [2.05, 4.69) is 30.3 Å². The van der Waals surface area contributed by atoms with Crippen molar-refractivity contribution in [3.63, 3.8) is 0 Å². The fourth-order valence-electron chi connectivity index (χ4n) is 4.48. The largest absolute Gasteiger partial charge is 0.371 e. The van der Waals surface area contributed by atoms with Crippen molar-refractivity contribution in [2.24, 2.45) is 4.99 Å². The number of piperazine rings is 3. The van der Waals surface area contributed by atoms with Gasteiger partial charge in [-0.25, -0.2) is 4.39 Å². The highest BCUT2D eigenvalue weighted by Gasteiger charge is 2.31. The fraction of sp³-hybridized carbons (Fsp3) is 0.650. The summed E-state index contributed by atoms with van der Waals surface area (Å²) in [6.45, 7) is 8.79. The highest BCUT2D eigenvalue weighted by Crippen LogP contribution is 2.21. The Balaban J connectivity index is 0.00000225. The van der Waals surface area contributed by atoms with Crippen molar-refractivity contribution >= 4 is 35.6 Å². The van der Waals surface area contributed by atoms with Crippen molar-refractivity contribution < 1.29 is 4.39 Å². The van der Waals surface area contributed by atoms with Gasteiger partial charge < -0.3 is 15.5 Å². The Morgan fingerprint density at radius 2 is 1.89 bits per heavy atom. The molecule has 1 unspecified atom stereocenters. The van der Waals surface area contributed by atoms with Crippen molar-refractivity contribution in [3.05, 3.63) is 30.1 Å². The van der Waals surface area contributed by atoms with E-state index in [-0.39, 0.29) is 29.8 Å². The molecule has 4 fully saturated rings. The highest BCUT2D eigenvalue weighted by atomic mass is 127. The number of aliphatic imine (C=N–C) groups is 1. The van der Waals surface area contributed by atoms with E-state index < -0.39 is 0 Å². The second kappa shape index (κ2) is 10.1. The molecule has 0 saturated carbocycles. The summed E-state index contributed by atoms with van der Waals surface area (Å²) < 4.78 is 13.4. The van der Waals surface area contributed by atoms with E-state index in [4.69, 9.17) is 0 Å². The molecule has 156 valence electrons. The summed E-state index contributed by atoms with van der Waals surface area (Å²) in [5.74, 6) is 0.734. The van der Waals surface area contributed by atoms with Crippen LogP contribution in [-0.2, 0) is 0 Å². The standard InChI is InChI=1S/C20H31FN6.HI/c1-22-20(23-14-19-15-25-9-11-27(19)12-10-25)24-17-5-7-26(8-6-17)18-4-2-3-16(21)13-18;/h2-4,13,17,19H,5-12,14-15H2,1H3,(H2,22,23,24);1H. The molecule has 8 heteroatoms. The van der Waals surface area contributed by atoms with Gasteiger partial charge in [0.25, 0.3) is 0 Å². The molecule has 0 aromatic heterocycles. The Morgan fingerprint density at radius 3 is 2.50 bits per heavy atom. The average molecular weight is 502 g/mol. The first kappa shape index (κ1) is 21.6. The van der Waals surface area contributed by atoms with E-state index in [9.17, 15) is 4.39 Å². The van der Waals surface area contributed by atoms with Crippen LogP contribution in [0.3, 0.4) is 0 Å². The van der Waals surface area contributed by atoms with Gasteiger partial charge in [0, 0.05) is 77.2 Å². The minimum atomic E-state index is -0.166. The summed E-state index contributed by atoms with van der Waals surface area (Å²) in [7, 11) is 1.84. The molecule has 28 heavy (non-hydrogen) atoms. The van der Waals surface area contributed by atoms with Crippen molar-refractivity contribution in [1.82, 2.24) is 20.4 Å². The molecule has 4 aliphatic heterocycles. The molecule has 4 saturated heterocycles. The van der Waals surface area contributed by atoms with Crippen LogP contribution < -0.4 is 15.5 Å². The van der Waals surface area contributed by atoms with Crippen molar-refractivity contribution in [1.29, 1.82) is 0 Å². The van der Waals surface area contributed by atoms with Crippen LogP contribution in [0.4, 0.5) is 10.1 Å². The quantitative estimate of drug-likeness (QED) is 0.372. The second-order valence-electron chi connectivity index (χ2n) is 7.83. The van der Waals surface area contributed by atoms with Crippen LogP contribution in [-0.4, -0.2) is 87.2 Å². The Morgan fingerprint density at radius 1 is 1.14 bits per heavy atom. The van der Waals surface area contributed by atoms with E-state index >= 15 is 0 Å². The number of halogens is 2. The van der Waals surface area contributed by atoms with Crippen LogP contribution in [0.15, 0.2) is 29.3 Å². The lowest BCUT2D eigenvalue weighted by molar-refractivity contribution is 0.0154. The van der Waals surface area contributed by atoms with Gasteiger partial charge in [0.2, 0.25) is 0 Å². The zero-order valence-corrected chi connectivity index (χ0v) is 18.9. The Bertz CT molecular complexity index is 656. The molecule has 0 spiro atoms. The van der Waals surface area contributed by atoms with Crippen molar-refractivity contribution in [3.8, 4) is 0 Å². The smallest absolute Gasteiger partial charge is 0.191 e. The third-order valence-electron chi connectivity index (χ3n) is 6.13. The molecular formula is C20H32FIN6. The molecule has 2 N–H and O–H groups in total. The number of rotatable bonds is 4. The van der Waals surface area contributed by atoms with Gasteiger partial charge in [-0.3, -0.25) is 14.8 Å². The molecule has 0 radical (unpaired) electrons. The number of hydrogen-bond acceptors (Lipinski definition) is 4. The van der Waals surface area contributed by atoms with Crippen molar-refractivity contribution in [2.75, 3.05) is 64.3 Å². The third-order valence-corrected chi connectivity index (χ3v) is 6.13. The molecule has 0 amide bonds. The topological polar surface area (TPSA) is 46.1 Å². The molecule has 4 heterocycles. The molecule has 1 atom stereocenters. The van der Waals surface area contributed by atoms with Crippen LogP contribution in [0, 0.1) is 5.82 Å². The zero-order chi connectivity index (χ0) is 18.6. The molecule has 1 aromatic carbocycles. The van der Waals surface area contributed by atoms with Gasteiger partial charge in [0.05, 0.1) is 0 Å². The van der Waals surface area contributed by atoms with E-state index in [1.165, 1.54) is 32.2 Å². The average Bonchev–Trinajstić information content (AvgIpc) is 2.72. The number of nitrogens with one attached hydrogen (secondary N) is 2. The number of nitrogens with zero attached hydrogens (tertiary/aromatic N) is 4. The SMILES string of the molecule is CN=C(NCC1CN2CCN1CC2)NC1CCN(c2cccc(F)c2)CC1.I. The first-order valence-electron chi connectivity index (χ1n) is 10.2. The van der Waals surface area contributed by atoms with Gasteiger partial charge >= 0.3 is 0 Å². The van der Waals surface area contributed by atoms with E-state index in [0.29, 0.717) is 12.1 Å². The third kappa shape index (κ3) is 5.27.